The van der Waals surface area contributed by atoms with Gasteiger partial charge in [0.15, 0.2) is 0 Å². The molecular formula is C27H37ClN2O4S. The molecule has 8 heteroatoms. The van der Waals surface area contributed by atoms with E-state index >= 15 is 0 Å². The molecule has 0 aliphatic carbocycles. The predicted octanol–water partition coefficient (Wildman–Crippen LogP) is 6.35. The Morgan fingerprint density at radius 1 is 1.06 bits per heavy atom. The molecular weight excluding hydrogens is 484 g/mol. The fourth-order valence-corrected chi connectivity index (χ4v) is 5.90. The van der Waals surface area contributed by atoms with Crippen LogP contribution in [0.4, 0.5) is 0 Å². The molecule has 2 heterocycles. The maximum absolute atomic E-state index is 13.3. The van der Waals surface area contributed by atoms with Gasteiger partial charge in [-0.15, -0.1) is 11.3 Å². The Labute approximate surface area is 217 Å². The zero-order valence-electron chi connectivity index (χ0n) is 20.7. The van der Waals surface area contributed by atoms with Crippen LogP contribution in [0.3, 0.4) is 0 Å². The third-order valence-electron chi connectivity index (χ3n) is 6.44. The van der Waals surface area contributed by atoms with E-state index in [4.69, 9.17) is 16.3 Å². The number of benzene rings is 1. The summed E-state index contributed by atoms with van der Waals surface area (Å²) in [7, 11) is 0. The first-order valence-electron chi connectivity index (χ1n) is 12.9. The number of rotatable bonds is 14. The second-order valence-corrected chi connectivity index (χ2v) is 10.6. The lowest BCUT2D eigenvalue weighted by Gasteiger charge is -2.34. The monoisotopic (exact) mass is 520 g/mol. The van der Waals surface area contributed by atoms with Gasteiger partial charge < -0.3 is 15.0 Å². The van der Waals surface area contributed by atoms with Crippen molar-refractivity contribution in [2.45, 2.75) is 83.6 Å². The first kappa shape index (κ1) is 27.5. The third kappa shape index (κ3) is 7.94. The van der Waals surface area contributed by atoms with Crippen LogP contribution in [-0.2, 0) is 14.3 Å². The van der Waals surface area contributed by atoms with Gasteiger partial charge in [0.25, 0.3) is 5.91 Å². The van der Waals surface area contributed by atoms with Gasteiger partial charge in [-0.05, 0) is 12.5 Å². The number of halogens is 1. The molecule has 1 atom stereocenters. The zero-order chi connectivity index (χ0) is 25.0. The summed E-state index contributed by atoms with van der Waals surface area (Å²) in [5.74, 6) is -1.11. The van der Waals surface area contributed by atoms with E-state index in [1.54, 1.807) is 0 Å². The summed E-state index contributed by atoms with van der Waals surface area (Å²) in [6.45, 7) is 3.25. The van der Waals surface area contributed by atoms with Gasteiger partial charge in [0.2, 0.25) is 5.91 Å². The highest BCUT2D eigenvalue weighted by Gasteiger charge is 2.37. The summed E-state index contributed by atoms with van der Waals surface area (Å²) in [4.78, 5) is 40.2. The van der Waals surface area contributed by atoms with Crippen LogP contribution in [0.5, 0.6) is 0 Å². The lowest BCUT2D eigenvalue weighted by atomic mass is 10.1. The van der Waals surface area contributed by atoms with E-state index in [1.807, 2.05) is 24.3 Å². The van der Waals surface area contributed by atoms with Crippen LogP contribution in [0.1, 0.15) is 87.2 Å². The topological polar surface area (TPSA) is 75.7 Å². The minimum atomic E-state index is -0.891. The molecule has 2 aromatic rings. The highest BCUT2D eigenvalue weighted by molar-refractivity contribution is 7.21. The molecule has 1 aliphatic rings. The van der Waals surface area contributed by atoms with Crippen LogP contribution in [0, 0.1) is 0 Å². The number of unbranched alkanes of at least 4 members (excludes halogenated alkanes) is 9. The summed E-state index contributed by atoms with van der Waals surface area (Å²) < 4.78 is 6.30. The Hall–Kier alpha value is -2.12. The van der Waals surface area contributed by atoms with Crippen LogP contribution in [0.25, 0.3) is 10.1 Å². The fraction of sp³-hybridized carbons (Fsp3) is 0.593. The van der Waals surface area contributed by atoms with E-state index in [0.717, 1.165) is 29.3 Å². The molecule has 1 aromatic heterocycles. The quantitative estimate of drug-likeness (QED) is 0.232. The Morgan fingerprint density at radius 3 is 2.40 bits per heavy atom. The summed E-state index contributed by atoms with van der Waals surface area (Å²) in [5.41, 5.74) is 0. The maximum atomic E-state index is 13.3. The number of thiophene rings is 1. The highest BCUT2D eigenvalue weighted by atomic mass is 35.5. The molecule has 2 amide bonds. The zero-order valence-corrected chi connectivity index (χ0v) is 22.2. The summed E-state index contributed by atoms with van der Waals surface area (Å²) >= 11 is 7.80. The van der Waals surface area contributed by atoms with Crippen molar-refractivity contribution in [3.8, 4) is 0 Å². The molecule has 3 rings (SSSR count). The van der Waals surface area contributed by atoms with E-state index in [9.17, 15) is 14.4 Å². The number of amides is 2. The molecule has 0 spiro atoms. The number of hydrogen-bond donors (Lipinski definition) is 1. The molecule has 6 nitrogen and oxygen atoms in total. The van der Waals surface area contributed by atoms with E-state index in [1.165, 1.54) is 61.2 Å². The van der Waals surface area contributed by atoms with Crippen molar-refractivity contribution in [1.82, 2.24) is 10.2 Å². The van der Waals surface area contributed by atoms with E-state index < -0.39 is 12.0 Å². The average molecular weight is 521 g/mol. The Kier molecular flexibility index (Phi) is 11.3. The van der Waals surface area contributed by atoms with Crippen molar-refractivity contribution >= 4 is 50.8 Å². The summed E-state index contributed by atoms with van der Waals surface area (Å²) in [6, 6.07) is 6.66. The number of nitrogens with one attached hydrogen (secondary N) is 1. The Balaban J connectivity index is 1.43. The molecule has 1 aliphatic heterocycles. The number of fused-ring (bicyclic) bond motifs is 1. The smallest absolute Gasteiger partial charge is 0.308 e. The molecule has 0 radical (unpaired) electrons. The van der Waals surface area contributed by atoms with E-state index in [0.29, 0.717) is 29.6 Å². The Bertz CT molecular complexity index is 993. The van der Waals surface area contributed by atoms with Gasteiger partial charge in [-0.2, -0.15) is 0 Å². The van der Waals surface area contributed by atoms with Crippen molar-refractivity contribution in [3.05, 3.63) is 34.2 Å². The Morgan fingerprint density at radius 2 is 1.71 bits per heavy atom. The largest absolute Gasteiger partial charge is 0.466 e. The van der Waals surface area contributed by atoms with Gasteiger partial charge >= 0.3 is 5.97 Å². The molecule has 35 heavy (non-hydrogen) atoms. The molecule has 0 bridgehead atoms. The van der Waals surface area contributed by atoms with Gasteiger partial charge in [0.05, 0.1) is 18.1 Å². The third-order valence-corrected chi connectivity index (χ3v) is 8.11. The average Bonchev–Trinajstić information content (AvgIpc) is 3.20. The second kappa shape index (κ2) is 14.4. The second-order valence-electron chi connectivity index (χ2n) is 9.15. The maximum Gasteiger partial charge on any atom is 0.308 e. The first-order chi connectivity index (χ1) is 17.0. The summed E-state index contributed by atoms with van der Waals surface area (Å²) in [6.07, 6.45) is 11.9. The fourth-order valence-electron chi connectivity index (χ4n) is 4.44. The number of esters is 1. The number of piperazine rings is 1. The van der Waals surface area contributed by atoms with Crippen molar-refractivity contribution in [1.29, 1.82) is 0 Å². The number of ether oxygens (including phenoxy) is 1. The molecule has 1 aromatic carbocycles. The van der Waals surface area contributed by atoms with Gasteiger partial charge in [-0.1, -0.05) is 94.5 Å². The van der Waals surface area contributed by atoms with Crippen LogP contribution < -0.4 is 5.32 Å². The lowest BCUT2D eigenvalue weighted by molar-refractivity contribution is -0.147. The summed E-state index contributed by atoms with van der Waals surface area (Å²) in [5, 5.41) is 3.97. The van der Waals surface area contributed by atoms with E-state index in [-0.39, 0.29) is 18.2 Å². The molecule has 1 saturated heterocycles. The number of carbonyl (C=O) groups excluding carboxylic acids is 3. The van der Waals surface area contributed by atoms with Crippen molar-refractivity contribution in [2.24, 2.45) is 0 Å². The number of hydrogen-bond acceptors (Lipinski definition) is 5. The minimum Gasteiger partial charge on any atom is -0.466 e. The molecule has 1 fully saturated rings. The van der Waals surface area contributed by atoms with Gasteiger partial charge in [0.1, 0.15) is 10.9 Å². The van der Waals surface area contributed by atoms with Gasteiger partial charge in [0, 0.05) is 23.2 Å². The van der Waals surface area contributed by atoms with Crippen LogP contribution in [0.2, 0.25) is 5.02 Å². The SMILES string of the molecule is CCCCCCCCCCCCOC(=O)CC1C(=O)NCCN1C(=O)c1sc2ccccc2c1Cl. The van der Waals surface area contributed by atoms with Gasteiger partial charge in [-0.3, -0.25) is 14.4 Å². The molecule has 1 N–H and O–H groups in total. The first-order valence-corrected chi connectivity index (χ1v) is 14.1. The van der Waals surface area contributed by atoms with Crippen LogP contribution in [-0.4, -0.2) is 48.4 Å². The molecule has 1 unspecified atom stereocenters. The van der Waals surface area contributed by atoms with Crippen molar-refractivity contribution < 1.29 is 19.1 Å². The minimum absolute atomic E-state index is 0.155. The van der Waals surface area contributed by atoms with Gasteiger partial charge in [-0.25, -0.2) is 0 Å². The normalized spacial score (nSPS) is 15.9. The molecule has 0 saturated carbocycles. The number of carbonyl (C=O) groups is 3. The predicted molar refractivity (Wildman–Crippen MR) is 142 cm³/mol. The lowest BCUT2D eigenvalue weighted by Crippen LogP contribution is -2.57. The highest BCUT2D eigenvalue weighted by Crippen LogP contribution is 2.36. The van der Waals surface area contributed by atoms with Crippen molar-refractivity contribution in [2.75, 3.05) is 19.7 Å². The molecule has 192 valence electrons. The van der Waals surface area contributed by atoms with Crippen molar-refractivity contribution in [3.63, 3.8) is 0 Å². The number of nitrogens with zero attached hydrogens (tertiary/aromatic N) is 1. The van der Waals surface area contributed by atoms with Crippen LogP contribution in [0.15, 0.2) is 24.3 Å². The standard InChI is InChI=1S/C27H37ClN2O4S/c1-2-3-4-5-6-7-8-9-10-13-18-34-23(31)19-21-26(32)29-16-17-30(21)27(33)25-24(28)20-14-11-12-15-22(20)35-25/h11-12,14-15,21H,2-10,13,16-19H2,1H3,(H,29,32). The van der Waals surface area contributed by atoms with Crippen LogP contribution >= 0.6 is 22.9 Å². The van der Waals surface area contributed by atoms with E-state index in [2.05, 4.69) is 12.2 Å².